The summed E-state index contributed by atoms with van der Waals surface area (Å²) in [6.07, 6.45) is 0. The van der Waals surface area contributed by atoms with Crippen molar-refractivity contribution in [3.63, 3.8) is 0 Å². The first-order valence-electron chi connectivity index (χ1n) is 17.6. The fourth-order valence-corrected chi connectivity index (χ4v) is 8.73. The standard InChI is InChI=1S/C49H34N2.CH3.V.H2/c1-5-19-35(20-6-1)50(36-21-7-2-8-22-36)45-33-17-31-43-47(45)39-27-13-15-29-41(39)49(43)42-30-16-14-28-40(42)48-44(49)32-18-34-46(48)51(37-23-9-3-10-24-37)38-25-11-4-12-26-38;;;/h1-34H;1H3;;1H/q;-1;;. The maximum absolute atomic E-state index is 2.42. The van der Waals surface area contributed by atoms with E-state index in [1.807, 2.05) is 0 Å². The molecule has 8 aromatic carbocycles. The quantitative estimate of drug-likeness (QED) is 0.158. The van der Waals surface area contributed by atoms with Gasteiger partial charge in [0.25, 0.3) is 0 Å². The molecule has 255 valence electrons. The summed E-state index contributed by atoms with van der Waals surface area (Å²) in [6.45, 7) is 0. The number of benzene rings is 8. The second kappa shape index (κ2) is 13.8. The SMILES string of the molecule is [CH3-].[HH].[V].c1ccc(N(c2ccccc2)c2cccc3c2-c2ccccc2C32c3ccccc3-c3c(N(c4ccccc4)c4ccccc4)cccc32)cc1. The van der Waals surface area contributed by atoms with Gasteiger partial charge in [-0.2, -0.15) is 0 Å². The summed E-state index contributed by atoms with van der Waals surface area (Å²) in [5.41, 5.74) is 16.7. The summed E-state index contributed by atoms with van der Waals surface area (Å²) in [7, 11) is 0. The summed E-state index contributed by atoms with van der Waals surface area (Å²) in [4.78, 5) is 4.83. The topological polar surface area (TPSA) is 6.48 Å². The van der Waals surface area contributed by atoms with E-state index >= 15 is 0 Å². The van der Waals surface area contributed by atoms with Crippen molar-refractivity contribution in [1.29, 1.82) is 0 Å². The van der Waals surface area contributed by atoms with Gasteiger partial charge in [-0.15, -0.1) is 0 Å². The summed E-state index contributed by atoms with van der Waals surface area (Å²) in [5.74, 6) is 0. The normalized spacial score (nSPS) is 12.4. The van der Waals surface area contributed by atoms with E-state index in [1.165, 1.54) is 55.9 Å². The molecule has 1 spiro atoms. The van der Waals surface area contributed by atoms with Crippen LogP contribution in [0.3, 0.4) is 0 Å². The van der Waals surface area contributed by atoms with Crippen LogP contribution < -0.4 is 9.80 Å². The predicted octanol–water partition coefficient (Wildman–Crippen LogP) is 13.7. The van der Waals surface area contributed by atoms with E-state index in [0.29, 0.717) is 0 Å². The third-order valence-electron chi connectivity index (χ3n) is 10.6. The Morgan fingerprint density at radius 1 is 0.302 bits per heavy atom. The summed E-state index contributed by atoms with van der Waals surface area (Å²) < 4.78 is 0. The van der Waals surface area contributed by atoms with E-state index in [2.05, 4.69) is 216 Å². The molecule has 8 aromatic rings. The molecule has 0 atom stereocenters. The largest absolute Gasteiger partial charge is 0.358 e. The molecule has 0 heterocycles. The van der Waals surface area contributed by atoms with Crippen LogP contribution in [-0.2, 0) is 24.0 Å². The molecule has 53 heavy (non-hydrogen) atoms. The van der Waals surface area contributed by atoms with Gasteiger partial charge in [-0.25, -0.2) is 0 Å². The van der Waals surface area contributed by atoms with E-state index in [1.54, 1.807) is 0 Å². The fourth-order valence-electron chi connectivity index (χ4n) is 8.73. The second-order valence-corrected chi connectivity index (χ2v) is 13.3. The second-order valence-electron chi connectivity index (χ2n) is 13.3. The number of para-hydroxylation sites is 4. The monoisotopic (exact) mass is 718 g/mol. The van der Waals surface area contributed by atoms with E-state index in [4.69, 9.17) is 0 Å². The number of anilines is 6. The molecule has 2 aliphatic rings. The van der Waals surface area contributed by atoms with E-state index in [0.717, 1.165) is 22.7 Å². The molecule has 2 aliphatic carbocycles. The molecule has 1 radical (unpaired) electrons. The van der Waals surface area contributed by atoms with Crippen molar-refractivity contribution in [3.8, 4) is 22.3 Å². The number of hydrogen-bond donors (Lipinski definition) is 0. The van der Waals surface area contributed by atoms with Crippen LogP contribution in [0.2, 0.25) is 0 Å². The van der Waals surface area contributed by atoms with Crippen molar-refractivity contribution < 1.29 is 20.0 Å². The van der Waals surface area contributed by atoms with Crippen molar-refractivity contribution in [1.82, 2.24) is 0 Å². The summed E-state index contributed by atoms with van der Waals surface area (Å²) in [6, 6.07) is 75.0. The van der Waals surface area contributed by atoms with Crippen molar-refractivity contribution in [2.24, 2.45) is 0 Å². The fraction of sp³-hybridized carbons (Fsp3) is 0.0200. The van der Waals surface area contributed by atoms with Crippen LogP contribution in [0.4, 0.5) is 34.1 Å². The van der Waals surface area contributed by atoms with Crippen LogP contribution >= 0.6 is 0 Å². The van der Waals surface area contributed by atoms with Gasteiger partial charge in [-0.3, -0.25) is 0 Å². The molecule has 2 nitrogen and oxygen atoms in total. The van der Waals surface area contributed by atoms with Gasteiger partial charge < -0.3 is 17.2 Å². The van der Waals surface area contributed by atoms with Crippen molar-refractivity contribution in [2.45, 2.75) is 5.41 Å². The zero-order chi connectivity index (χ0) is 33.8. The minimum absolute atomic E-state index is 0. The first-order valence-corrected chi connectivity index (χ1v) is 17.6. The Kier molecular flexibility index (Phi) is 8.88. The van der Waals surface area contributed by atoms with Crippen LogP contribution in [0.1, 0.15) is 23.7 Å². The Balaban J connectivity index is 0.00000150. The number of nitrogens with zero attached hydrogens (tertiary/aromatic N) is 2. The summed E-state index contributed by atoms with van der Waals surface area (Å²) in [5, 5.41) is 0. The number of hydrogen-bond acceptors (Lipinski definition) is 2. The van der Waals surface area contributed by atoms with Crippen LogP contribution in [0.5, 0.6) is 0 Å². The third kappa shape index (κ3) is 5.10. The Labute approximate surface area is 326 Å². The maximum Gasteiger partial charge on any atom is 0.0727 e. The average Bonchev–Trinajstić information content (AvgIpc) is 3.68. The van der Waals surface area contributed by atoms with Gasteiger partial charge in [0.1, 0.15) is 0 Å². The molecule has 0 saturated heterocycles. The molecule has 0 amide bonds. The molecule has 0 unspecified atom stereocenters. The first-order chi connectivity index (χ1) is 25.4. The third-order valence-corrected chi connectivity index (χ3v) is 10.6. The Morgan fingerprint density at radius 2 is 0.585 bits per heavy atom. The van der Waals surface area contributed by atoms with Crippen LogP contribution in [0.25, 0.3) is 22.3 Å². The molecular weight excluding hydrogens is 680 g/mol. The van der Waals surface area contributed by atoms with E-state index in [9.17, 15) is 0 Å². The van der Waals surface area contributed by atoms with Gasteiger partial charge in [0.15, 0.2) is 0 Å². The van der Waals surface area contributed by atoms with Crippen LogP contribution in [-0.4, -0.2) is 0 Å². The number of fused-ring (bicyclic) bond motifs is 10. The molecule has 3 heteroatoms. The number of rotatable bonds is 6. The molecule has 0 aromatic heterocycles. The maximum atomic E-state index is 2.42. The van der Waals surface area contributed by atoms with E-state index < -0.39 is 5.41 Å². The van der Waals surface area contributed by atoms with Gasteiger partial charge in [-0.1, -0.05) is 146 Å². The van der Waals surface area contributed by atoms with Gasteiger partial charge >= 0.3 is 0 Å². The van der Waals surface area contributed by atoms with Gasteiger partial charge in [0, 0.05) is 53.9 Å². The van der Waals surface area contributed by atoms with Gasteiger partial charge in [0.2, 0.25) is 0 Å². The molecule has 0 aliphatic heterocycles. The first kappa shape index (κ1) is 34.1. The molecule has 0 bridgehead atoms. The van der Waals surface area contributed by atoms with Crippen molar-refractivity contribution in [3.05, 3.63) is 236 Å². The summed E-state index contributed by atoms with van der Waals surface area (Å²) >= 11 is 0. The Morgan fingerprint density at radius 3 is 0.925 bits per heavy atom. The smallest absolute Gasteiger partial charge is 0.0727 e. The molecule has 10 rings (SSSR count). The molecule has 0 saturated carbocycles. The minimum Gasteiger partial charge on any atom is -0.358 e. The zero-order valence-electron chi connectivity index (χ0n) is 29.5. The zero-order valence-corrected chi connectivity index (χ0v) is 30.9. The van der Waals surface area contributed by atoms with Crippen molar-refractivity contribution >= 4 is 34.1 Å². The van der Waals surface area contributed by atoms with Crippen molar-refractivity contribution in [2.75, 3.05) is 9.80 Å². The Hall–Kier alpha value is -6.06. The Bertz CT molecular complexity index is 2280. The predicted molar refractivity (Wildman–Crippen MR) is 221 cm³/mol. The molecule has 0 fully saturated rings. The van der Waals surface area contributed by atoms with E-state index in [-0.39, 0.29) is 27.4 Å². The molecular formula is C50H39N2V-. The molecule has 0 N–H and O–H groups in total. The van der Waals surface area contributed by atoms with Crippen LogP contribution in [0.15, 0.2) is 206 Å². The van der Waals surface area contributed by atoms with Gasteiger partial charge in [-0.05, 0) is 94.0 Å². The average molecular weight is 719 g/mol. The van der Waals surface area contributed by atoms with Crippen LogP contribution in [0, 0.1) is 7.43 Å². The minimum atomic E-state index is -0.498. The van der Waals surface area contributed by atoms with Gasteiger partial charge in [0.05, 0.1) is 16.8 Å².